The highest BCUT2D eigenvalue weighted by Gasteiger charge is 2.17. The Balaban J connectivity index is 1.73. The lowest BCUT2D eigenvalue weighted by Gasteiger charge is -2.29. The molecule has 2 heterocycles. The van der Waals surface area contributed by atoms with Gasteiger partial charge in [0.1, 0.15) is 0 Å². The van der Waals surface area contributed by atoms with Gasteiger partial charge in [0.05, 0.1) is 19.3 Å². The van der Waals surface area contributed by atoms with Crippen LogP contribution >= 0.6 is 11.3 Å². The average Bonchev–Trinajstić information content (AvgIpc) is 2.98. The van der Waals surface area contributed by atoms with Crippen molar-refractivity contribution in [2.75, 3.05) is 39.4 Å². The molecule has 4 nitrogen and oxygen atoms in total. The van der Waals surface area contributed by atoms with Gasteiger partial charge >= 0.3 is 0 Å². The van der Waals surface area contributed by atoms with Crippen LogP contribution in [0.2, 0.25) is 0 Å². The first-order valence-electron chi connectivity index (χ1n) is 7.54. The van der Waals surface area contributed by atoms with Crippen molar-refractivity contribution < 1.29 is 9.84 Å². The summed E-state index contributed by atoms with van der Waals surface area (Å²) in [4.78, 5) is 3.64. The zero-order chi connectivity index (χ0) is 14.2. The molecule has 2 rings (SSSR count). The number of β-amino-alcohol motifs (C(OH)–C–C–N with tert-alkyl or cyclic N) is 1. The highest BCUT2D eigenvalue weighted by molar-refractivity contribution is 7.10. The summed E-state index contributed by atoms with van der Waals surface area (Å²) in [6.45, 7) is 7.02. The molecule has 2 atom stereocenters. The van der Waals surface area contributed by atoms with Crippen molar-refractivity contribution >= 4 is 11.3 Å². The first-order chi connectivity index (χ1) is 9.79. The molecule has 114 valence electrons. The largest absolute Gasteiger partial charge is 0.390 e. The summed E-state index contributed by atoms with van der Waals surface area (Å²) >= 11 is 1.79. The molecule has 0 amide bonds. The summed E-state index contributed by atoms with van der Waals surface area (Å²) in [6, 6.07) is 4.64. The molecule has 1 fully saturated rings. The molecule has 2 N–H and O–H groups in total. The van der Waals surface area contributed by atoms with Crippen molar-refractivity contribution in [1.82, 2.24) is 10.2 Å². The summed E-state index contributed by atoms with van der Waals surface area (Å²) in [5.41, 5.74) is 0. The van der Waals surface area contributed by atoms with Gasteiger partial charge in [-0.25, -0.2) is 0 Å². The van der Waals surface area contributed by atoms with Crippen LogP contribution in [-0.2, 0) is 4.74 Å². The summed E-state index contributed by atoms with van der Waals surface area (Å²) in [5.74, 6) is 0. The molecule has 0 radical (unpaired) electrons. The molecule has 0 aliphatic carbocycles. The predicted molar refractivity (Wildman–Crippen MR) is 83.2 cm³/mol. The third-order valence-corrected chi connectivity index (χ3v) is 4.62. The number of hydrogen-bond acceptors (Lipinski definition) is 5. The topological polar surface area (TPSA) is 44.7 Å². The maximum Gasteiger partial charge on any atom is 0.0791 e. The minimum absolute atomic E-state index is 0.313. The van der Waals surface area contributed by atoms with Gasteiger partial charge in [-0.1, -0.05) is 19.4 Å². The number of hydrogen-bond donors (Lipinski definition) is 2. The second-order valence-electron chi connectivity index (χ2n) is 5.33. The van der Waals surface area contributed by atoms with E-state index in [-0.39, 0.29) is 6.10 Å². The van der Waals surface area contributed by atoms with Gasteiger partial charge in [0.2, 0.25) is 0 Å². The van der Waals surface area contributed by atoms with E-state index < -0.39 is 0 Å². The van der Waals surface area contributed by atoms with Crippen LogP contribution in [0.25, 0.3) is 0 Å². The normalized spacial score (nSPS) is 19.9. The van der Waals surface area contributed by atoms with Crippen molar-refractivity contribution in [2.24, 2.45) is 0 Å². The van der Waals surface area contributed by atoms with E-state index in [1.807, 2.05) is 0 Å². The van der Waals surface area contributed by atoms with E-state index in [0.717, 1.165) is 45.7 Å². The van der Waals surface area contributed by atoms with Crippen LogP contribution in [0.3, 0.4) is 0 Å². The third-order valence-electron chi connectivity index (χ3n) is 3.64. The summed E-state index contributed by atoms with van der Waals surface area (Å²) in [6.07, 6.45) is 1.95. The number of aliphatic hydroxyl groups is 1. The predicted octanol–water partition coefficient (Wildman–Crippen LogP) is 1.87. The summed E-state index contributed by atoms with van der Waals surface area (Å²) in [5, 5.41) is 15.8. The number of rotatable bonds is 8. The Bertz CT molecular complexity index is 353. The monoisotopic (exact) mass is 298 g/mol. The molecule has 1 saturated heterocycles. The molecule has 0 saturated carbocycles. The molecule has 5 heteroatoms. The van der Waals surface area contributed by atoms with Gasteiger partial charge in [0.25, 0.3) is 0 Å². The highest BCUT2D eigenvalue weighted by atomic mass is 32.1. The van der Waals surface area contributed by atoms with E-state index >= 15 is 0 Å². The molecule has 2 unspecified atom stereocenters. The maximum absolute atomic E-state index is 10.2. The fourth-order valence-electron chi connectivity index (χ4n) is 2.55. The molecule has 0 bridgehead atoms. The van der Waals surface area contributed by atoms with Gasteiger partial charge in [0.15, 0.2) is 0 Å². The van der Waals surface area contributed by atoms with Gasteiger partial charge in [0, 0.05) is 37.1 Å². The third kappa shape index (κ3) is 5.14. The van der Waals surface area contributed by atoms with Crippen LogP contribution < -0.4 is 5.32 Å². The zero-order valence-electron chi connectivity index (χ0n) is 12.3. The quantitative estimate of drug-likeness (QED) is 0.769. The second kappa shape index (κ2) is 8.74. The first-order valence-corrected chi connectivity index (χ1v) is 8.42. The Morgan fingerprint density at radius 3 is 2.90 bits per heavy atom. The van der Waals surface area contributed by atoms with Gasteiger partial charge in [-0.05, 0) is 17.9 Å². The number of aliphatic hydroxyl groups excluding tert-OH is 1. The lowest BCUT2D eigenvalue weighted by atomic mass is 10.1. The van der Waals surface area contributed by atoms with Gasteiger partial charge in [-0.2, -0.15) is 0 Å². The SMILES string of the molecule is CCCC(NCC(O)CN1CCOCC1)c1cccs1. The number of nitrogens with zero attached hydrogens (tertiary/aromatic N) is 1. The van der Waals surface area contributed by atoms with Crippen LogP contribution in [0.1, 0.15) is 30.7 Å². The standard InChI is InChI=1S/C15H26N2O2S/c1-2-4-14(15-5-3-10-20-15)16-11-13(18)12-17-6-8-19-9-7-17/h3,5,10,13-14,16,18H,2,4,6-9,11-12H2,1H3. The lowest BCUT2D eigenvalue weighted by Crippen LogP contribution is -2.44. The molecule has 0 spiro atoms. The summed E-state index contributed by atoms with van der Waals surface area (Å²) < 4.78 is 5.32. The van der Waals surface area contributed by atoms with Crippen molar-refractivity contribution in [1.29, 1.82) is 0 Å². The van der Waals surface area contributed by atoms with Gasteiger partial charge in [-0.3, -0.25) is 4.90 Å². The first kappa shape index (κ1) is 15.9. The van der Waals surface area contributed by atoms with Gasteiger partial charge < -0.3 is 15.2 Å². The van der Waals surface area contributed by atoms with Crippen LogP contribution in [0.4, 0.5) is 0 Å². The van der Waals surface area contributed by atoms with Crippen molar-refractivity contribution in [3.63, 3.8) is 0 Å². The van der Waals surface area contributed by atoms with E-state index in [4.69, 9.17) is 4.74 Å². The number of thiophene rings is 1. The van der Waals surface area contributed by atoms with E-state index in [2.05, 4.69) is 34.7 Å². The van der Waals surface area contributed by atoms with Crippen molar-refractivity contribution in [3.8, 4) is 0 Å². The van der Waals surface area contributed by atoms with Crippen LogP contribution in [-0.4, -0.2) is 55.5 Å². The summed E-state index contributed by atoms with van der Waals surface area (Å²) in [7, 11) is 0. The van der Waals surface area contributed by atoms with E-state index in [1.54, 1.807) is 11.3 Å². The average molecular weight is 298 g/mol. The molecule has 1 aromatic heterocycles. The van der Waals surface area contributed by atoms with Crippen LogP contribution in [0, 0.1) is 0 Å². The van der Waals surface area contributed by atoms with E-state index in [1.165, 1.54) is 4.88 Å². The number of morpholine rings is 1. The second-order valence-corrected chi connectivity index (χ2v) is 6.31. The maximum atomic E-state index is 10.2. The Kier molecular flexibility index (Phi) is 6.96. The fraction of sp³-hybridized carbons (Fsp3) is 0.733. The molecule has 0 aromatic carbocycles. The Morgan fingerprint density at radius 1 is 1.45 bits per heavy atom. The van der Waals surface area contributed by atoms with Crippen molar-refractivity contribution in [2.45, 2.75) is 31.9 Å². The molecule has 20 heavy (non-hydrogen) atoms. The van der Waals surface area contributed by atoms with Crippen LogP contribution in [0.5, 0.6) is 0 Å². The minimum Gasteiger partial charge on any atom is -0.390 e. The molecule has 1 aliphatic rings. The zero-order valence-corrected chi connectivity index (χ0v) is 13.1. The van der Waals surface area contributed by atoms with Crippen LogP contribution in [0.15, 0.2) is 17.5 Å². The highest BCUT2D eigenvalue weighted by Crippen LogP contribution is 2.23. The molecule has 1 aromatic rings. The minimum atomic E-state index is -0.313. The smallest absolute Gasteiger partial charge is 0.0791 e. The lowest BCUT2D eigenvalue weighted by molar-refractivity contribution is 0.0144. The van der Waals surface area contributed by atoms with E-state index in [9.17, 15) is 5.11 Å². The Hall–Kier alpha value is -0.460. The molecule has 1 aliphatic heterocycles. The van der Waals surface area contributed by atoms with Gasteiger partial charge in [-0.15, -0.1) is 11.3 Å². The Morgan fingerprint density at radius 2 is 2.25 bits per heavy atom. The Labute approximate surface area is 125 Å². The van der Waals surface area contributed by atoms with E-state index in [0.29, 0.717) is 12.6 Å². The van der Waals surface area contributed by atoms with Crippen molar-refractivity contribution in [3.05, 3.63) is 22.4 Å². The fourth-order valence-corrected chi connectivity index (χ4v) is 3.38. The number of ether oxygens (including phenoxy) is 1. The molecular formula is C15H26N2O2S. The number of nitrogens with one attached hydrogen (secondary N) is 1. The molecular weight excluding hydrogens is 272 g/mol.